The van der Waals surface area contributed by atoms with E-state index in [9.17, 15) is 5.11 Å². The van der Waals surface area contributed by atoms with Crippen LogP contribution in [-0.4, -0.2) is 36.5 Å². The number of oxime groups is 1. The summed E-state index contributed by atoms with van der Waals surface area (Å²) in [5.74, 6) is 2.53. The first-order valence-corrected chi connectivity index (χ1v) is 13.1. The Bertz CT molecular complexity index is 795. The van der Waals surface area contributed by atoms with Crippen molar-refractivity contribution in [3.8, 4) is 0 Å². The van der Waals surface area contributed by atoms with E-state index >= 15 is 0 Å². The van der Waals surface area contributed by atoms with Gasteiger partial charge in [0, 0.05) is 0 Å². The number of nitrogens with one attached hydrogen (secondary N) is 2. The maximum Gasteiger partial charge on any atom is 0.185 e. The lowest BCUT2D eigenvalue weighted by molar-refractivity contribution is -0.153. The normalized spacial score (nSPS) is 42.9. The maximum absolute atomic E-state index is 10.7. The van der Waals surface area contributed by atoms with Crippen molar-refractivity contribution in [2.24, 2.45) is 44.9 Å². The zero-order chi connectivity index (χ0) is 23.5. The Kier molecular flexibility index (Phi) is 7.23. The van der Waals surface area contributed by atoms with E-state index in [0.717, 1.165) is 37.0 Å². The van der Waals surface area contributed by atoms with Gasteiger partial charge in [-0.25, -0.2) is 0 Å². The number of fused-ring (bicyclic) bond motifs is 5. The molecule has 4 aliphatic carbocycles. The van der Waals surface area contributed by atoms with Crippen molar-refractivity contribution in [3.05, 3.63) is 24.3 Å². The fourth-order valence-corrected chi connectivity index (χ4v) is 8.37. The molecule has 0 unspecified atom stereocenters. The van der Waals surface area contributed by atoms with Crippen molar-refractivity contribution in [1.82, 2.24) is 5.32 Å². The van der Waals surface area contributed by atoms with Gasteiger partial charge in [0.15, 0.2) is 5.96 Å². The van der Waals surface area contributed by atoms with Crippen molar-refractivity contribution < 1.29 is 9.94 Å². The number of aliphatic hydroxyl groups excluding tert-OH is 1. The highest BCUT2D eigenvalue weighted by molar-refractivity contribution is 5.74. The Labute approximate surface area is 199 Å². The van der Waals surface area contributed by atoms with Gasteiger partial charge in [-0.1, -0.05) is 43.7 Å². The molecule has 4 saturated carbocycles. The Morgan fingerprint density at radius 3 is 2.76 bits per heavy atom. The second-order valence-electron chi connectivity index (χ2n) is 11.6. The molecule has 0 aromatic carbocycles. The molecule has 0 heterocycles. The van der Waals surface area contributed by atoms with Gasteiger partial charge in [0.1, 0.15) is 6.61 Å². The van der Waals surface area contributed by atoms with Crippen molar-refractivity contribution in [1.29, 1.82) is 5.41 Å². The number of nitrogens with two attached hydrogens (primary N) is 1. The Morgan fingerprint density at radius 2 is 1.94 bits per heavy atom. The molecule has 7 atom stereocenters. The van der Waals surface area contributed by atoms with Gasteiger partial charge in [-0.2, -0.15) is 0 Å². The van der Waals surface area contributed by atoms with Gasteiger partial charge < -0.3 is 21.0 Å². The lowest BCUT2D eigenvalue weighted by Crippen LogP contribution is -2.58. The predicted octanol–water partition coefficient (Wildman–Crippen LogP) is 4.75. The quantitative estimate of drug-likeness (QED) is 0.146. The fourth-order valence-electron chi connectivity index (χ4n) is 8.37. The summed E-state index contributed by atoms with van der Waals surface area (Å²) in [4.78, 5) is 5.14. The molecule has 33 heavy (non-hydrogen) atoms. The molecular formula is C27H44N4O2. The van der Waals surface area contributed by atoms with Crippen LogP contribution >= 0.6 is 0 Å². The van der Waals surface area contributed by atoms with Crippen LogP contribution in [0.4, 0.5) is 0 Å². The van der Waals surface area contributed by atoms with E-state index in [-0.39, 0.29) is 22.9 Å². The van der Waals surface area contributed by atoms with Gasteiger partial charge in [-0.3, -0.25) is 5.41 Å². The Balaban J connectivity index is 1.42. The molecule has 0 bridgehead atoms. The Morgan fingerprint density at radius 1 is 1.09 bits per heavy atom. The van der Waals surface area contributed by atoms with Crippen LogP contribution in [0.2, 0.25) is 0 Å². The van der Waals surface area contributed by atoms with Crippen molar-refractivity contribution in [2.75, 3.05) is 13.2 Å². The molecule has 0 aliphatic heterocycles. The second kappa shape index (κ2) is 9.81. The first-order chi connectivity index (χ1) is 15.8. The third-order valence-electron chi connectivity index (χ3n) is 10.1. The monoisotopic (exact) mass is 456 g/mol. The number of hydrogen-bond acceptors (Lipinski definition) is 4. The van der Waals surface area contributed by atoms with Crippen LogP contribution in [0.3, 0.4) is 0 Å². The number of guanidine groups is 1. The van der Waals surface area contributed by atoms with Crippen molar-refractivity contribution >= 4 is 12.2 Å². The highest BCUT2D eigenvalue weighted by atomic mass is 16.6. The van der Waals surface area contributed by atoms with Gasteiger partial charge in [-0.15, -0.1) is 0 Å². The van der Waals surface area contributed by atoms with Crippen LogP contribution in [0.25, 0.3) is 0 Å². The molecule has 0 aromatic rings. The summed E-state index contributed by atoms with van der Waals surface area (Å²) in [5.41, 5.74) is 6.19. The van der Waals surface area contributed by atoms with Gasteiger partial charge >= 0.3 is 0 Å². The number of rotatable bonds is 7. The van der Waals surface area contributed by atoms with E-state index in [1.54, 1.807) is 6.21 Å². The Hall–Kier alpha value is -1.82. The first kappa shape index (κ1) is 24.3. The van der Waals surface area contributed by atoms with Gasteiger partial charge in [0.05, 0.1) is 18.9 Å². The van der Waals surface area contributed by atoms with Gasteiger partial charge in [-0.05, 0) is 97.9 Å². The number of aliphatic hydroxyl groups is 1. The number of hydrogen-bond donors (Lipinski definition) is 4. The van der Waals surface area contributed by atoms with E-state index < -0.39 is 0 Å². The van der Waals surface area contributed by atoms with Crippen LogP contribution < -0.4 is 11.1 Å². The third kappa shape index (κ3) is 4.73. The smallest absolute Gasteiger partial charge is 0.185 e. The zero-order valence-corrected chi connectivity index (χ0v) is 20.6. The summed E-state index contributed by atoms with van der Waals surface area (Å²) < 4.78 is 0. The van der Waals surface area contributed by atoms with Gasteiger partial charge in [0.25, 0.3) is 0 Å². The average Bonchev–Trinajstić information content (AvgIpc) is 3.17. The summed E-state index contributed by atoms with van der Waals surface area (Å²) in [6.07, 6.45) is 22.6. The first-order valence-electron chi connectivity index (χ1n) is 13.1. The van der Waals surface area contributed by atoms with Crippen LogP contribution in [-0.2, 0) is 4.84 Å². The topological polar surface area (TPSA) is 104 Å². The second-order valence-corrected chi connectivity index (χ2v) is 11.6. The lowest BCUT2D eigenvalue weighted by atomic mass is 9.40. The molecular weight excluding hydrogens is 412 g/mol. The number of nitrogens with zero attached hydrogens (tertiary/aromatic N) is 1. The molecule has 184 valence electrons. The molecule has 4 aliphatic rings. The van der Waals surface area contributed by atoms with Crippen LogP contribution in [0, 0.1) is 39.4 Å². The van der Waals surface area contributed by atoms with Crippen molar-refractivity contribution in [2.45, 2.75) is 84.2 Å². The molecule has 5 N–H and O–H groups in total. The maximum atomic E-state index is 10.7. The molecule has 0 radical (unpaired) electrons. The van der Waals surface area contributed by atoms with E-state index in [1.165, 1.54) is 44.9 Å². The van der Waals surface area contributed by atoms with Crippen LogP contribution in [0.5, 0.6) is 0 Å². The molecule has 6 heteroatoms. The minimum Gasteiger partial charge on any atom is -0.394 e. The molecule has 0 amide bonds. The number of allylic oxidation sites excluding steroid dienone is 4. The summed E-state index contributed by atoms with van der Waals surface area (Å²) in [6, 6.07) is 0. The van der Waals surface area contributed by atoms with E-state index in [1.807, 2.05) is 12.2 Å². The molecule has 4 rings (SSSR count). The molecule has 6 nitrogen and oxygen atoms in total. The predicted molar refractivity (Wildman–Crippen MR) is 134 cm³/mol. The van der Waals surface area contributed by atoms with E-state index in [4.69, 9.17) is 16.0 Å². The molecule has 0 spiro atoms. The molecule has 4 fully saturated rings. The largest absolute Gasteiger partial charge is 0.394 e. The fraction of sp³-hybridized carbons (Fsp3) is 0.778. The standard InChI is InChI=1S/C27H44N4O2/c1-25-11-6-7-22(25)21-9-15-27(12-4-3-5-16-31-33-18-17-30-24(28)29)19-20(32)8-14-26(27,2)23(21)10-13-25/h3-5,12,16,20-23,32H,6-11,13-15,17-19H2,1-2H3,(H4,28,29,30)/b5-3+,12-4+,31-16+/t20-,21-,22-,23-,25-,26+,27+/m0/s1. The SMILES string of the molecule is C[C@@]12CCC[C@H]1[C@@H]1CC[C@]3(/C=C/C=C/C=N/OCCNC(=N)N)C[C@@H](O)CC[C@]3(C)[C@H]1CC2. The van der Waals surface area contributed by atoms with Crippen LogP contribution in [0.15, 0.2) is 29.5 Å². The van der Waals surface area contributed by atoms with Crippen molar-refractivity contribution in [3.63, 3.8) is 0 Å². The molecule has 0 aromatic heterocycles. The molecule has 0 saturated heterocycles. The van der Waals surface area contributed by atoms with Gasteiger partial charge in [0.2, 0.25) is 0 Å². The highest BCUT2D eigenvalue weighted by Crippen LogP contribution is 2.70. The summed E-state index contributed by atoms with van der Waals surface area (Å²) in [7, 11) is 0. The average molecular weight is 457 g/mol. The zero-order valence-electron chi connectivity index (χ0n) is 20.6. The minimum atomic E-state index is -0.179. The summed E-state index contributed by atoms with van der Waals surface area (Å²) >= 11 is 0. The highest BCUT2D eigenvalue weighted by Gasteiger charge is 2.62. The van der Waals surface area contributed by atoms with Crippen LogP contribution in [0.1, 0.15) is 78.1 Å². The van der Waals surface area contributed by atoms with E-state index in [2.05, 4.69) is 36.5 Å². The third-order valence-corrected chi connectivity index (χ3v) is 10.1. The summed E-state index contributed by atoms with van der Waals surface area (Å²) in [6.45, 7) is 5.96. The lowest BCUT2D eigenvalue weighted by Gasteiger charge is -2.65. The summed E-state index contributed by atoms with van der Waals surface area (Å²) in [5, 5.41) is 24.4. The minimum absolute atomic E-state index is 0.0636. The van der Waals surface area contributed by atoms with E-state index in [0.29, 0.717) is 18.6 Å².